The highest BCUT2D eigenvalue weighted by Gasteiger charge is 2.31. The number of hydrogen-bond donors (Lipinski definition) is 1. The van der Waals surface area contributed by atoms with Crippen molar-refractivity contribution in [2.24, 2.45) is 5.92 Å². The average molecular weight is 420 g/mol. The number of benzene rings is 1. The molecule has 0 spiro atoms. The largest absolute Gasteiger partial charge is 0.340 e. The second-order valence-corrected chi connectivity index (χ2v) is 8.07. The van der Waals surface area contributed by atoms with Crippen molar-refractivity contribution < 1.29 is 9.18 Å². The normalized spacial score (nSPS) is 16.4. The molecule has 1 saturated heterocycles. The fourth-order valence-electron chi connectivity index (χ4n) is 3.86. The summed E-state index contributed by atoms with van der Waals surface area (Å²) in [5.74, 6) is 0.859. The number of likely N-dealkylation sites (tertiary alicyclic amines) is 1. The molecule has 7 heteroatoms. The summed E-state index contributed by atoms with van der Waals surface area (Å²) < 4.78 is 13.7. The van der Waals surface area contributed by atoms with Crippen molar-refractivity contribution in [2.45, 2.75) is 39.2 Å². The Hall–Kier alpha value is -3.35. The molecule has 1 atom stereocenters. The molecule has 31 heavy (non-hydrogen) atoms. The van der Waals surface area contributed by atoms with E-state index in [1.807, 2.05) is 36.9 Å². The van der Waals surface area contributed by atoms with Gasteiger partial charge in [-0.2, -0.15) is 0 Å². The molecule has 1 aromatic carbocycles. The summed E-state index contributed by atoms with van der Waals surface area (Å²) in [4.78, 5) is 28.4. The zero-order valence-electron chi connectivity index (χ0n) is 17.8. The smallest absolute Gasteiger partial charge is 0.225 e. The molecule has 4 rings (SSSR count). The molecule has 160 valence electrons. The average Bonchev–Trinajstić information content (AvgIpc) is 2.79. The number of anilines is 2. The van der Waals surface area contributed by atoms with E-state index in [0.717, 1.165) is 30.5 Å². The molecule has 1 fully saturated rings. The summed E-state index contributed by atoms with van der Waals surface area (Å²) in [6.07, 6.45) is 6.24. The Morgan fingerprint density at radius 2 is 1.94 bits per heavy atom. The van der Waals surface area contributed by atoms with E-state index in [1.54, 1.807) is 24.5 Å². The molecule has 0 radical (unpaired) electrons. The van der Waals surface area contributed by atoms with Crippen molar-refractivity contribution in [1.82, 2.24) is 19.9 Å². The van der Waals surface area contributed by atoms with Crippen LogP contribution in [-0.2, 0) is 4.79 Å². The lowest BCUT2D eigenvalue weighted by molar-refractivity contribution is -0.138. The van der Waals surface area contributed by atoms with Crippen LogP contribution in [0.15, 0.2) is 54.9 Å². The second-order valence-electron chi connectivity index (χ2n) is 8.07. The standard InChI is InChI=1S/C24H26FN5O/c1-16(2)24(31)30-13-4-3-8-21(30)23-28-20(17-9-11-26-12-10-17)15-22(29-23)27-19-7-5-6-18(25)14-19/h5-7,9-12,14-16,21H,3-4,8,13H2,1-2H3,(H,27,28,29). The van der Waals surface area contributed by atoms with Crippen LogP contribution in [0.1, 0.15) is 45.0 Å². The number of aromatic nitrogens is 3. The van der Waals surface area contributed by atoms with Crippen LogP contribution in [0.25, 0.3) is 11.3 Å². The minimum absolute atomic E-state index is 0.0890. The van der Waals surface area contributed by atoms with Gasteiger partial charge in [0.15, 0.2) is 5.82 Å². The maximum atomic E-state index is 13.7. The first-order valence-electron chi connectivity index (χ1n) is 10.6. The van der Waals surface area contributed by atoms with Gasteiger partial charge in [0.2, 0.25) is 5.91 Å². The van der Waals surface area contributed by atoms with E-state index >= 15 is 0 Å². The first-order chi connectivity index (χ1) is 15.0. The number of halogens is 1. The Bertz CT molecular complexity index is 1060. The Labute approximate surface area is 181 Å². The van der Waals surface area contributed by atoms with Gasteiger partial charge in [-0.15, -0.1) is 0 Å². The highest BCUT2D eigenvalue weighted by molar-refractivity contribution is 5.78. The Kier molecular flexibility index (Phi) is 6.21. The molecule has 1 amide bonds. The summed E-state index contributed by atoms with van der Waals surface area (Å²) >= 11 is 0. The molecular formula is C24H26FN5O. The summed E-state index contributed by atoms with van der Waals surface area (Å²) in [6.45, 7) is 4.54. The van der Waals surface area contributed by atoms with E-state index in [2.05, 4.69) is 10.3 Å². The number of pyridine rings is 1. The molecule has 1 unspecified atom stereocenters. The predicted octanol–water partition coefficient (Wildman–Crippen LogP) is 5.13. The fourth-order valence-corrected chi connectivity index (χ4v) is 3.86. The molecule has 1 aliphatic rings. The lowest BCUT2D eigenvalue weighted by atomic mass is 9.99. The van der Waals surface area contributed by atoms with Crippen LogP contribution >= 0.6 is 0 Å². The number of amides is 1. The van der Waals surface area contributed by atoms with Gasteiger partial charge in [0, 0.05) is 42.2 Å². The number of nitrogens with zero attached hydrogens (tertiary/aromatic N) is 4. The van der Waals surface area contributed by atoms with Crippen molar-refractivity contribution in [2.75, 3.05) is 11.9 Å². The van der Waals surface area contributed by atoms with Gasteiger partial charge in [0.05, 0.1) is 11.7 Å². The minimum Gasteiger partial charge on any atom is -0.340 e. The van der Waals surface area contributed by atoms with E-state index in [-0.39, 0.29) is 23.7 Å². The molecule has 0 saturated carbocycles. The number of carbonyl (C=O) groups excluding carboxylic acids is 1. The Morgan fingerprint density at radius 1 is 1.13 bits per heavy atom. The maximum Gasteiger partial charge on any atom is 0.225 e. The van der Waals surface area contributed by atoms with E-state index in [9.17, 15) is 9.18 Å². The highest BCUT2D eigenvalue weighted by atomic mass is 19.1. The maximum absolute atomic E-state index is 13.7. The lowest BCUT2D eigenvalue weighted by Gasteiger charge is -2.36. The van der Waals surface area contributed by atoms with Crippen molar-refractivity contribution in [3.63, 3.8) is 0 Å². The van der Waals surface area contributed by atoms with E-state index in [0.29, 0.717) is 23.9 Å². The molecule has 6 nitrogen and oxygen atoms in total. The van der Waals surface area contributed by atoms with Crippen LogP contribution in [-0.4, -0.2) is 32.3 Å². The highest BCUT2D eigenvalue weighted by Crippen LogP contribution is 2.33. The van der Waals surface area contributed by atoms with E-state index in [1.165, 1.54) is 12.1 Å². The topological polar surface area (TPSA) is 71.0 Å². The molecule has 3 heterocycles. The zero-order valence-corrected chi connectivity index (χ0v) is 17.8. The molecule has 1 aliphatic heterocycles. The van der Waals surface area contributed by atoms with Crippen molar-refractivity contribution >= 4 is 17.4 Å². The van der Waals surface area contributed by atoms with Crippen molar-refractivity contribution in [1.29, 1.82) is 0 Å². The van der Waals surface area contributed by atoms with Gasteiger partial charge >= 0.3 is 0 Å². The van der Waals surface area contributed by atoms with Gasteiger partial charge in [-0.05, 0) is 49.6 Å². The van der Waals surface area contributed by atoms with Gasteiger partial charge in [-0.3, -0.25) is 9.78 Å². The fraction of sp³-hybridized carbons (Fsp3) is 0.333. The molecular weight excluding hydrogens is 393 g/mol. The van der Waals surface area contributed by atoms with Crippen LogP contribution in [0.4, 0.5) is 15.9 Å². The Balaban J connectivity index is 1.76. The van der Waals surface area contributed by atoms with Gasteiger partial charge in [-0.1, -0.05) is 19.9 Å². The second kappa shape index (κ2) is 9.20. The Morgan fingerprint density at radius 3 is 2.68 bits per heavy atom. The van der Waals surface area contributed by atoms with Crippen LogP contribution < -0.4 is 5.32 Å². The monoisotopic (exact) mass is 419 g/mol. The minimum atomic E-state index is -0.324. The lowest BCUT2D eigenvalue weighted by Crippen LogP contribution is -2.41. The number of carbonyl (C=O) groups is 1. The zero-order chi connectivity index (χ0) is 21.8. The molecule has 2 aromatic heterocycles. The number of rotatable bonds is 5. The van der Waals surface area contributed by atoms with Crippen LogP contribution in [0, 0.1) is 11.7 Å². The van der Waals surface area contributed by atoms with Crippen molar-refractivity contribution in [3.05, 3.63) is 66.5 Å². The van der Waals surface area contributed by atoms with Gasteiger partial charge in [0.25, 0.3) is 0 Å². The van der Waals surface area contributed by atoms with Crippen LogP contribution in [0.5, 0.6) is 0 Å². The molecule has 0 aliphatic carbocycles. The quantitative estimate of drug-likeness (QED) is 0.621. The third kappa shape index (κ3) is 4.87. The summed E-state index contributed by atoms with van der Waals surface area (Å²) in [7, 11) is 0. The van der Waals surface area contributed by atoms with Gasteiger partial charge < -0.3 is 10.2 Å². The SMILES string of the molecule is CC(C)C(=O)N1CCCCC1c1nc(Nc2cccc(F)c2)cc(-c2ccncc2)n1. The van der Waals surface area contributed by atoms with Gasteiger partial charge in [0.1, 0.15) is 11.6 Å². The van der Waals surface area contributed by atoms with E-state index in [4.69, 9.17) is 9.97 Å². The van der Waals surface area contributed by atoms with E-state index < -0.39 is 0 Å². The number of hydrogen-bond acceptors (Lipinski definition) is 5. The van der Waals surface area contributed by atoms with Crippen LogP contribution in [0.3, 0.4) is 0 Å². The van der Waals surface area contributed by atoms with Crippen molar-refractivity contribution in [3.8, 4) is 11.3 Å². The molecule has 3 aromatic rings. The predicted molar refractivity (Wildman–Crippen MR) is 118 cm³/mol. The number of piperidine rings is 1. The van der Waals surface area contributed by atoms with Crippen LogP contribution in [0.2, 0.25) is 0 Å². The summed E-state index contributed by atoms with van der Waals surface area (Å²) in [6, 6.07) is 11.7. The first kappa shape index (κ1) is 20.9. The summed E-state index contributed by atoms with van der Waals surface area (Å²) in [5, 5.41) is 3.19. The van der Waals surface area contributed by atoms with Gasteiger partial charge in [-0.25, -0.2) is 14.4 Å². The third-order valence-corrected chi connectivity index (χ3v) is 5.39. The first-order valence-corrected chi connectivity index (χ1v) is 10.6. The molecule has 1 N–H and O–H groups in total. The number of nitrogens with one attached hydrogen (secondary N) is 1. The summed E-state index contributed by atoms with van der Waals surface area (Å²) in [5.41, 5.74) is 2.23. The third-order valence-electron chi connectivity index (χ3n) is 5.39. The molecule has 0 bridgehead atoms.